The van der Waals surface area contributed by atoms with Crippen molar-refractivity contribution >= 4 is 28.7 Å². The van der Waals surface area contributed by atoms with Gasteiger partial charge in [0.2, 0.25) is 11.8 Å². The Balaban J connectivity index is 1.68. The molecule has 13 nitrogen and oxygen atoms in total. The van der Waals surface area contributed by atoms with Gasteiger partial charge in [-0.3, -0.25) is 19.9 Å². The van der Waals surface area contributed by atoms with Gasteiger partial charge in [0.15, 0.2) is 0 Å². The van der Waals surface area contributed by atoms with Crippen LogP contribution in [-0.4, -0.2) is 76.2 Å². The third kappa shape index (κ3) is 11.9. The molecule has 0 saturated carbocycles. The Bertz CT molecular complexity index is 1980. The van der Waals surface area contributed by atoms with E-state index < -0.39 is 35.4 Å². The summed E-state index contributed by atoms with van der Waals surface area (Å²) < 4.78 is 20.2. The van der Waals surface area contributed by atoms with E-state index in [0.29, 0.717) is 17.9 Å². The van der Waals surface area contributed by atoms with Crippen LogP contribution in [0, 0.1) is 11.3 Å². The van der Waals surface area contributed by atoms with Crippen molar-refractivity contribution in [2.45, 2.75) is 78.6 Å². The quantitative estimate of drug-likeness (QED) is 0.0604. The number of nitrogens with one attached hydrogen (secondary N) is 3. The van der Waals surface area contributed by atoms with Crippen molar-refractivity contribution < 1.29 is 28.6 Å². The number of carbonyl (C=O) groups is 3. The number of nitrogens with zero attached hydrogens (tertiary/aromatic N) is 4. The molecule has 0 saturated heterocycles. The minimum absolute atomic E-state index is 0.0336. The molecular weight excluding hydrogens is 711 g/mol. The monoisotopic (exact) mass is 765 g/mol. The van der Waals surface area contributed by atoms with Crippen molar-refractivity contribution in [3.8, 4) is 11.8 Å². The molecule has 0 aliphatic carbocycles. The van der Waals surface area contributed by atoms with Gasteiger partial charge in [0.1, 0.15) is 23.5 Å². The van der Waals surface area contributed by atoms with E-state index in [0.717, 1.165) is 27.6 Å². The molecule has 56 heavy (non-hydrogen) atoms. The highest BCUT2D eigenvalue weighted by Crippen LogP contribution is 2.29. The first-order chi connectivity index (χ1) is 26.7. The van der Waals surface area contributed by atoms with Gasteiger partial charge in [-0.25, -0.2) is 9.80 Å². The van der Waals surface area contributed by atoms with E-state index in [-0.39, 0.29) is 39.3 Å². The first-order valence-corrected chi connectivity index (χ1v) is 18.8. The van der Waals surface area contributed by atoms with Crippen LogP contribution >= 0.6 is 0 Å². The van der Waals surface area contributed by atoms with Crippen LogP contribution in [0.15, 0.2) is 91.6 Å². The third-order valence-corrected chi connectivity index (χ3v) is 8.77. The van der Waals surface area contributed by atoms with Crippen LogP contribution in [-0.2, 0) is 45.6 Å². The van der Waals surface area contributed by atoms with E-state index in [1.807, 2.05) is 119 Å². The Kier molecular flexibility index (Phi) is 15.2. The van der Waals surface area contributed by atoms with Crippen LogP contribution in [0.25, 0.3) is 10.9 Å². The van der Waals surface area contributed by atoms with Crippen molar-refractivity contribution in [2.24, 2.45) is 7.05 Å². The number of aryl methyl sites for hydroxylation is 1. The second-order valence-corrected chi connectivity index (χ2v) is 14.4. The fraction of sp³-hybridized carbons (Fsp3) is 0.395. The average molecular weight is 766 g/mol. The lowest BCUT2D eigenvalue weighted by molar-refractivity contribution is -0.298. The average Bonchev–Trinajstić information content (AvgIpc) is 3.49. The van der Waals surface area contributed by atoms with Crippen LogP contribution in [0.2, 0.25) is 0 Å². The lowest BCUT2D eigenvalue weighted by Gasteiger charge is -2.42. The maximum atomic E-state index is 15.1. The van der Waals surface area contributed by atoms with Gasteiger partial charge >= 0.3 is 6.03 Å². The molecule has 298 valence electrons. The Morgan fingerprint density at radius 3 is 2.23 bits per heavy atom. The summed E-state index contributed by atoms with van der Waals surface area (Å²) in [6.45, 7) is 15.6. The van der Waals surface area contributed by atoms with Crippen LogP contribution in [0.4, 0.5) is 4.79 Å². The number of rotatable bonds is 19. The smallest absolute Gasteiger partial charge is 0.329 e. The van der Waals surface area contributed by atoms with E-state index in [1.165, 1.54) is 9.91 Å². The zero-order valence-corrected chi connectivity index (χ0v) is 33.6. The zero-order chi connectivity index (χ0) is 40.9. The van der Waals surface area contributed by atoms with Gasteiger partial charge in [-0.1, -0.05) is 66.7 Å². The highest BCUT2D eigenvalue weighted by Gasteiger charge is 2.41. The van der Waals surface area contributed by atoms with E-state index in [4.69, 9.17) is 14.2 Å². The van der Waals surface area contributed by atoms with Gasteiger partial charge in [-0.15, -0.1) is 6.58 Å². The highest BCUT2D eigenvalue weighted by atomic mass is 16.7. The predicted molar refractivity (Wildman–Crippen MR) is 216 cm³/mol. The van der Waals surface area contributed by atoms with Crippen LogP contribution in [0.5, 0.6) is 5.75 Å². The van der Waals surface area contributed by atoms with Crippen molar-refractivity contribution in [3.63, 3.8) is 0 Å². The van der Waals surface area contributed by atoms with Gasteiger partial charge < -0.3 is 29.4 Å². The predicted octanol–water partition coefficient (Wildman–Crippen LogP) is 5.93. The molecule has 4 amide bonds. The van der Waals surface area contributed by atoms with Crippen molar-refractivity contribution in [3.05, 3.63) is 114 Å². The second kappa shape index (κ2) is 19.8. The number of fused-ring (bicyclic) bond motifs is 1. The number of urea groups is 1. The Hall–Kier alpha value is -5.68. The first-order valence-electron chi connectivity index (χ1n) is 18.8. The summed E-state index contributed by atoms with van der Waals surface area (Å²) in [7, 11) is 1.85. The third-order valence-electron chi connectivity index (χ3n) is 8.77. The van der Waals surface area contributed by atoms with Crippen LogP contribution in [0.3, 0.4) is 0 Å². The summed E-state index contributed by atoms with van der Waals surface area (Å²) in [5, 5.41) is 17.7. The molecule has 1 aromatic heterocycles. The second-order valence-electron chi connectivity index (χ2n) is 14.4. The largest absolute Gasteiger partial charge is 0.488 e. The molecule has 1 atom stereocenters. The molecule has 4 rings (SSSR count). The van der Waals surface area contributed by atoms with Crippen molar-refractivity contribution in [1.82, 2.24) is 30.5 Å². The van der Waals surface area contributed by atoms with Crippen LogP contribution < -0.4 is 20.8 Å². The van der Waals surface area contributed by atoms with E-state index >= 15 is 4.79 Å². The molecule has 0 bridgehead atoms. The fourth-order valence-electron chi connectivity index (χ4n) is 6.45. The lowest BCUT2D eigenvalue weighted by Crippen LogP contribution is -2.60. The molecule has 0 fully saturated rings. The maximum absolute atomic E-state index is 15.1. The Morgan fingerprint density at radius 1 is 0.946 bits per heavy atom. The number of nitriles is 1. The first kappa shape index (κ1) is 43.1. The summed E-state index contributed by atoms with van der Waals surface area (Å²) in [6.07, 6.45) is 3.43. The number of hydrazine groups is 1. The minimum atomic E-state index is -1.54. The number of benzene rings is 3. The molecule has 3 N–H and O–H groups in total. The fourth-order valence-corrected chi connectivity index (χ4v) is 6.45. The van der Waals surface area contributed by atoms with Gasteiger partial charge in [0, 0.05) is 58.3 Å². The van der Waals surface area contributed by atoms with E-state index in [2.05, 4.69) is 28.7 Å². The number of para-hydroxylation sites is 1. The number of hydrogen-bond acceptors (Lipinski definition) is 8. The SMILES string of the molecule is C=CCN(CC(=O)NC(Cc1ccc(OC(C)(C)C)cc1)C(=O)N(Cc1cccc2c(C#N)cn(C)c12)C(C)(OCC)OCC)NC(=O)NCc1ccccc1. The molecular formula is C43H55N7O6. The lowest BCUT2D eigenvalue weighted by atomic mass is 10.0. The molecule has 4 aromatic rings. The Morgan fingerprint density at radius 2 is 1.62 bits per heavy atom. The minimum Gasteiger partial charge on any atom is -0.488 e. The number of ether oxygens (including phenoxy) is 3. The Labute approximate surface area is 330 Å². The van der Waals surface area contributed by atoms with Crippen molar-refractivity contribution in [1.29, 1.82) is 5.26 Å². The summed E-state index contributed by atoms with van der Waals surface area (Å²) in [5.41, 5.74) is 6.04. The molecule has 1 heterocycles. The summed E-state index contributed by atoms with van der Waals surface area (Å²) in [4.78, 5) is 43.3. The summed E-state index contributed by atoms with van der Waals surface area (Å²) >= 11 is 0. The summed E-state index contributed by atoms with van der Waals surface area (Å²) in [6, 6.07) is 23.1. The zero-order valence-electron chi connectivity index (χ0n) is 33.6. The normalized spacial score (nSPS) is 12.1. The molecule has 3 aromatic carbocycles. The summed E-state index contributed by atoms with van der Waals surface area (Å²) in [5.74, 6) is -1.85. The van der Waals surface area contributed by atoms with Gasteiger partial charge in [-0.2, -0.15) is 5.26 Å². The topological polar surface area (TPSA) is 150 Å². The van der Waals surface area contributed by atoms with Gasteiger partial charge in [0.25, 0.3) is 5.91 Å². The maximum Gasteiger partial charge on any atom is 0.329 e. The molecule has 0 radical (unpaired) electrons. The molecule has 1 unspecified atom stereocenters. The van der Waals surface area contributed by atoms with Gasteiger partial charge in [-0.05, 0) is 63.4 Å². The molecule has 0 spiro atoms. The van der Waals surface area contributed by atoms with Gasteiger partial charge in [0.05, 0.1) is 24.2 Å². The van der Waals surface area contributed by atoms with E-state index in [1.54, 1.807) is 19.2 Å². The van der Waals surface area contributed by atoms with Crippen LogP contribution in [0.1, 0.15) is 63.8 Å². The molecule has 13 heteroatoms. The number of hydrogen-bond donors (Lipinski definition) is 3. The van der Waals surface area contributed by atoms with E-state index in [9.17, 15) is 14.9 Å². The molecule has 0 aliphatic heterocycles. The molecule has 0 aliphatic rings. The highest BCUT2D eigenvalue weighted by molar-refractivity contribution is 5.91. The van der Waals surface area contributed by atoms with Crippen molar-refractivity contribution in [2.75, 3.05) is 26.3 Å². The number of carbonyl (C=O) groups excluding carboxylic acids is 3. The number of amides is 4. The standard InChI is InChI=1S/C43H55N7O6/c1-9-24-49(47-41(53)45-27-32-16-13-12-14-17-32)30-38(51)46-37(25-31-20-22-35(23-21-31)56-42(4,5)6)40(52)50(43(7,54-10-2)55-11-3)29-33-18-15-19-36-34(26-44)28-48(8)39(33)36/h9,12-23,28,37H,1,10-11,24-25,27,29-30H2,2-8H3,(H,46,51)(H2,45,47,53). The number of aromatic nitrogens is 1.